The lowest BCUT2D eigenvalue weighted by atomic mass is 10.1. The van der Waals surface area contributed by atoms with Crippen LogP contribution in [0, 0.1) is 21.4 Å². The average Bonchev–Trinajstić information content (AvgIpc) is 2.35. The van der Waals surface area contributed by atoms with Gasteiger partial charge in [0.25, 0.3) is 0 Å². The van der Waals surface area contributed by atoms with Gasteiger partial charge in [0.15, 0.2) is 0 Å². The van der Waals surface area contributed by atoms with Crippen molar-refractivity contribution in [1.82, 2.24) is 0 Å². The molecule has 0 spiro atoms. The van der Waals surface area contributed by atoms with Gasteiger partial charge in [-0.15, -0.1) is 0 Å². The molecule has 0 heterocycles. The Hall–Kier alpha value is -2.62. The quantitative estimate of drug-likeness (QED) is 0.444. The predicted molar refractivity (Wildman–Crippen MR) is 55.7 cm³/mol. The Kier molecular flexibility index (Phi) is 3.62. The third-order valence-electron chi connectivity index (χ3n) is 2.01. The molecule has 1 aromatic carbocycles. The largest absolute Gasteiger partial charge is 0.489 e. The molecule has 0 bridgehead atoms. The molecule has 0 saturated heterocycles. The van der Waals surface area contributed by atoms with Crippen molar-refractivity contribution in [3.05, 3.63) is 33.4 Å². The predicted octanol–water partition coefficient (Wildman–Crippen LogP) is 1.26. The van der Waals surface area contributed by atoms with E-state index in [1.54, 1.807) is 6.07 Å². The van der Waals surface area contributed by atoms with E-state index in [9.17, 15) is 14.9 Å². The molecule has 0 atom stereocenters. The third kappa shape index (κ3) is 2.31. The minimum absolute atomic E-state index is 0.0726. The van der Waals surface area contributed by atoms with E-state index in [2.05, 4.69) is 4.74 Å². The molecule has 0 radical (unpaired) electrons. The number of esters is 1. The van der Waals surface area contributed by atoms with Crippen LogP contribution in [0.5, 0.6) is 5.75 Å². The summed E-state index contributed by atoms with van der Waals surface area (Å²) in [6.07, 6.45) is 0. The molecule has 17 heavy (non-hydrogen) atoms. The summed E-state index contributed by atoms with van der Waals surface area (Å²) in [7, 11) is 2.35. The van der Waals surface area contributed by atoms with Gasteiger partial charge in [0.2, 0.25) is 5.75 Å². The Balaban J connectivity index is 3.52. The first-order valence-corrected chi connectivity index (χ1v) is 4.40. The van der Waals surface area contributed by atoms with Crippen molar-refractivity contribution in [3.63, 3.8) is 0 Å². The van der Waals surface area contributed by atoms with Crippen LogP contribution in [-0.2, 0) is 4.74 Å². The highest BCUT2D eigenvalue weighted by atomic mass is 16.6. The summed E-state index contributed by atoms with van der Waals surface area (Å²) in [5, 5.41) is 19.6. The topological polar surface area (TPSA) is 102 Å². The van der Waals surface area contributed by atoms with Crippen LogP contribution in [0.15, 0.2) is 12.1 Å². The van der Waals surface area contributed by atoms with E-state index >= 15 is 0 Å². The van der Waals surface area contributed by atoms with Crippen molar-refractivity contribution in [3.8, 4) is 11.8 Å². The SMILES string of the molecule is COC(=O)c1cc(C#N)c(OC)c([N+](=O)[O-])c1. The highest BCUT2D eigenvalue weighted by molar-refractivity contribution is 5.91. The molecule has 1 aromatic rings. The third-order valence-corrected chi connectivity index (χ3v) is 2.01. The maximum atomic E-state index is 11.3. The zero-order valence-electron chi connectivity index (χ0n) is 9.09. The second-order valence-corrected chi connectivity index (χ2v) is 2.94. The lowest BCUT2D eigenvalue weighted by Crippen LogP contribution is -2.05. The monoisotopic (exact) mass is 236 g/mol. The molecule has 0 aliphatic heterocycles. The lowest BCUT2D eigenvalue weighted by molar-refractivity contribution is -0.385. The molecule has 0 aliphatic carbocycles. The maximum absolute atomic E-state index is 11.3. The van der Waals surface area contributed by atoms with Crippen LogP contribution in [0.4, 0.5) is 5.69 Å². The number of carbonyl (C=O) groups is 1. The van der Waals surface area contributed by atoms with Gasteiger partial charge < -0.3 is 9.47 Å². The van der Waals surface area contributed by atoms with Gasteiger partial charge in [0.1, 0.15) is 11.6 Å². The number of benzene rings is 1. The van der Waals surface area contributed by atoms with E-state index in [0.717, 1.165) is 13.2 Å². The van der Waals surface area contributed by atoms with Crippen molar-refractivity contribution in [2.24, 2.45) is 0 Å². The Bertz CT molecular complexity index is 518. The molecule has 0 aliphatic rings. The fourth-order valence-corrected chi connectivity index (χ4v) is 1.28. The number of hydrogen-bond acceptors (Lipinski definition) is 6. The van der Waals surface area contributed by atoms with Gasteiger partial charge >= 0.3 is 11.7 Å². The molecule has 7 nitrogen and oxygen atoms in total. The summed E-state index contributed by atoms with van der Waals surface area (Å²) >= 11 is 0. The fourth-order valence-electron chi connectivity index (χ4n) is 1.28. The Labute approximate surface area is 96.3 Å². The number of nitriles is 1. The molecule has 0 unspecified atom stereocenters. The lowest BCUT2D eigenvalue weighted by Gasteiger charge is -2.05. The molecule has 0 fully saturated rings. The normalized spacial score (nSPS) is 9.24. The minimum Gasteiger partial charge on any atom is -0.489 e. The first-order chi connectivity index (χ1) is 8.04. The van der Waals surface area contributed by atoms with Gasteiger partial charge in [-0.3, -0.25) is 10.1 Å². The van der Waals surface area contributed by atoms with E-state index in [-0.39, 0.29) is 16.9 Å². The van der Waals surface area contributed by atoms with Gasteiger partial charge in [0.05, 0.1) is 24.7 Å². The second-order valence-electron chi connectivity index (χ2n) is 2.94. The number of methoxy groups -OCH3 is 2. The highest BCUT2D eigenvalue weighted by Crippen LogP contribution is 2.32. The molecule has 0 N–H and O–H groups in total. The van der Waals surface area contributed by atoms with E-state index in [0.29, 0.717) is 0 Å². The fraction of sp³-hybridized carbons (Fsp3) is 0.200. The molecule has 0 amide bonds. The summed E-state index contributed by atoms with van der Waals surface area (Å²) in [4.78, 5) is 21.3. The number of ether oxygens (including phenoxy) is 2. The first kappa shape index (κ1) is 12.4. The van der Waals surface area contributed by atoms with Crippen LogP contribution in [0.25, 0.3) is 0 Å². The highest BCUT2D eigenvalue weighted by Gasteiger charge is 2.23. The van der Waals surface area contributed by atoms with Crippen LogP contribution >= 0.6 is 0 Å². The van der Waals surface area contributed by atoms with Crippen molar-refractivity contribution in [2.75, 3.05) is 14.2 Å². The summed E-state index contributed by atoms with van der Waals surface area (Å²) in [6.45, 7) is 0. The second kappa shape index (κ2) is 4.94. The number of carbonyl (C=O) groups excluding carboxylic acids is 1. The van der Waals surface area contributed by atoms with Crippen LogP contribution in [0.3, 0.4) is 0 Å². The van der Waals surface area contributed by atoms with E-state index in [4.69, 9.17) is 10.00 Å². The first-order valence-electron chi connectivity index (χ1n) is 4.40. The van der Waals surface area contributed by atoms with Crippen molar-refractivity contribution in [1.29, 1.82) is 5.26 Å². The van der Waals surface area contributed by atoms with Crippen molar-refractivity contribution in [2.45, 2.75) is 0 Å². The van der Waals surface area contributed by atoms with Crippen molar-refractivity contribution >= 4 is 11.7 Å². The molecule has 1 rings (SSSR count). The molecule has 0 aromatic heterocycles. The minimum atomic E-state index is -0.757. The zero-order chi connectivity index (χ0) is 13.0. The molecule has 88 valence electrons. The molecular weight excluding hydrogens is 228 g/mol. The number of nitro benzene ring substituents is 1. The summed E-state index contributed by atoms with van der Waals surface area (Å²) < 4.78 is 9.21. The molecule has 0 saturated carbocycles. The van der Waals surface area contributed by atoms with Gasteiger partial charge in [-0.05, 0) is 6.07 Å². The number of hydrogen-bond donors (Lipinski definition) is 0. The average molecular weight is 236 g/mol. The van der Waals surface area contributed by atoms with Crippen LogP contribution < -0.4 is 4.74 Å². The number of rotatable bonds is 3. The Morgan fingerprint density at radius 3 is 2.53 bits per heavy atom. The summed E-state index contributed by atoms with van der Waals surface area (Å²) in [5.41, 5.74) is -0.620. The molecule has 7 heteroatoms. The summed E-state index contributed by atoms with van der Waals surface area (Å²) in [6, 6.07) is 3.91. The van der Waals surface area contributed by atoms with Gasteiger partial charge in [0, 0.05) is 6.07 Å². The smallest absolute Gasteiger partial charge is 0.338 e. The van der Waals surface area contributed by atoms with Crippen LogP contribution in [0.2, 0.25) is 0 Å². The van der Waals surface area contributed by atoms with Gasteiger partial charge in [-0.2, -0.15) is 5.26 Å². The van der Waals surface area contributed by atoms with Crippen LogP contribution in [0.1, 0.15) is 15.9 Å². The van der Waals surface area contributed by atoms with E-state index < -0.39 is 16.6 Å². The van der Waals surface area contributed by atoms with Gasteiger partial charge in [-0.1, -0.05) is 0 Å². The Morgan fingerprint density at radius 2 is 2.12 bits per heavy atom. The van der Waals surface area contributed by atoms with Crippen molar-refractivity contribution < 1.29 is 19.2 Å². The maximum Gasteiger partial charge on any atom is 0.338 e. The van der Waals surface area contributed by atoms with Gasteiger partial charge in [-0.25, -0.2) is 4.79 Å². The van der Waals surface area contributed by atoms with Crippen LogP contribution in [-0.4, -0.2) is 25.1 Å². The van der Waals surface area contributed by atoms with E-state index in [1.807, 2.05) is 0 Å². The Morgan fingerprint density at radius 1 is 1.47 bits per heavy atom. The zero-order valence-corrected chi connectivity index (χ0v) is 9.09. The summed E-state index contributed by atoms with van der Waals surface area (Å²) in [5.74, 6) is -0.933. The standard InChI is InChI=1S/C10H8N2O5/c1-16-9-7(5-11)3-6(10(13)17-2)4-8(9)12(14)15/h3-4H,1-2H3. The number of nitro groups is 1. The number of nitrogens with zero attached hydrogens (tertiary/aromatic N) is 2. The molecular formula is C10H8N2O5. The van der Waals surface area contributed by atoms with E-state index in [1.165, 1.54) is 13.2 Å².